The van der Waals surface area contributed by atoms with Gasteiger partial charge >= 0.3 is 0 Å². The first-order valence-corrected chi connectivity index (χ1v) is 14.4. The van der Waals surface area contributed by atoms with Crippen LogP contribution < -0.4 is 4.72 Å². The van der Waals surface area contributed by atoms with E-state index in [1.54, 1.807) is 71.8 Å². The zero-order valence-electron chi connectivity index (χ0n) is 21.6. The van der Waals surface area contributed by atoms with Crippen LogP contribution in [-0.2, 0) is 10.0 Å². The fraction of sp³-hybridized carbons (Fsp3) is 0.267. The summed E-state index contributed by atoms with van der Waals surface area (Å²) in [5.41, 5.74) is 1.03. The number of pyridine rings is 1. The third-order valence-electron chi connectivity index (χ3n) is 7.37. The van der Waals surface area contributed by atoms with Crippen molar-refractivity contribution in [2.75, 3.05) is 17.8 Å². The van der Waals surface area contributed by atoms with Gasteiger partial charge in [-0.1, -0.05) is 48.9 Å². The summed E-state index contributed by atoms with van der Waals surface area (Å²) in [7, 11) is -3.91. The Balaban J connectivity index is 1.25. The van der Waals surface area contributed by atoms with Crippen molar-refractivity contribution in [3.05, 3.63) is 102 Å². The molecule has 1 aromatic heterocycles. The van der Waals surface area contributed by atoms with Crippen molar-refractivity contribution < 1.29 is 22.7 Å². The molecular weight excluding hydrogens is 517 g/mol. The molecule has 9 heteroatoms. The molecule has 1 aliphatic carbocycles. The Labute approximate surface area is 227 Å². The summed E-state index contributed by atoms with van der Waals surface area (Å²) in [6.07, 6.45) is 8.24. The van der Waals surface area contributed by atoms with Crippen LogP contribution in [0.25, 0.3) is 10.9 Å². The summed E-state index contributed by atoms with van der Waals surface area (Å²) in [5.74, 6) is -0.554. The number of carbonyl (C=O) groups excluding carboxylic acids is 1. The van der Waals surface area contributed by atoms with Crippen LogP contribution in [0.15, 0.2) is 101 Å². The minimum atomic E-state index is -3.91. The van der Waals surface area contributed by atoms with E-state index in [-0.39, 0.29) is 49.0 Å². The summed E-state index contributed by atoms with van der Waals surface area (Å²) in [6, 6.07) is 14.7. The van der Waals surface area contributed by atoms with Gasteiger partial charge in [0.2, 0.25) is 0 Å². The zero-order chi connectivity index (χ0) is 27.6. The van der Waals surface area contributed by atoms with Gasteiger partial charge in [-0.25, -0.2) is 12.8 Å². The molecule has 1 fully saturated rings. The fourth-order valence-electron chi connectivity index (χ4n) is 5.09. The number of halogens is 1. The molecule has 1 saturated heterocycles. The molecule has 0 atom stereocenters. The monoisotopic (exact) mass is 547 g/mol. The second-order valence-electron chi connectivity index (χ2n) is 9.87. The molecule has 0 saturated carbocycles. The molecule has 0 radical (unpaired) electrons. The summed E-state index contributed by atoms with van der Waals surface area (Å²) < 4.78 is 43.6. The molecule has 2 heterocycles. The number of para-hydroxylation sites is 1. The van der Waals surface area contributed by atoms with Crippen molar-refractivity contribution in [2.45, 2.75) is 43.1 Å². The number of amides is 1. The number of nitrogens with one attached hydrogen (secondary N) is 1. The number of piperidine rings is 1. The van der Waals surface area contributed by atoms with Gasteiger partial charge in [0.05, 0.1) is 11.1 Å². The van der Waals surface area contributed by atoms with Crippen LogP contribution in [0.3, 0.4) is 0 Å². The van der Waals surface area contributed by atoms with E-state index < -0.39 is 15.6 Å². The van der Waals surface area contributed by atoms with Crippen molar-refractivity contribution in [1.29, 1.82) is 0 Å². The lowest BCUT2D eigenvalue weighted by atomic mass is 9.82. The number of nitrogens with zero attached hydrogens (tertiary/aromatic N) is 2. The number of hydrogen-bond donors (Lipinski definition) is 2. The molecular formula is C30H30FN3O4S. The van der Waals surface area contributed by atoms with Gasteiger partial charge in [-0.2, -0.15) is 0 Å². The topological polar surface area (TPSA) is 99.6 Å². The van der Waals surface area contributed by atoms with E-state index in [1.165, 1.54) is 6.07 Å². The van der Waals surface area contributed by atoms with Gasteiger partial charge in [0, 0.05) is 47.9 Å². The van der Waals surface area contributed by atoms with Crippen molar-refractivity contribution in [1.82, 2.24) is 9.88 Å². The number of rotatable bonds is 6. The molecule has 1 aliphatic heterocycles. The fourth-order valence-corrected chi connectivity index (χ4v) is 6.33. The molecule has 2 N–H and O–H groups in total. The Morgan fingerprint density at radius 2 is 1.82 bits per heavy atom. The average molecular weight is 548 g/mol. The van der Waals surface area contributed by atoms with E-state index in [2.05, 4.69) is 9.71 Å². The van der Waals surface area contributed by atoms with Gasteiger partial charge in [-0.3, -0.25) is 14.5 Å². The van der Waals surface area contributed by atoms with Gasteiger partial charge < -0.3 is 10.0 Å². The Morgan fingerprint density at radius 3 is 2.54 bits per heavy atom. The number of aliphatic hydroxyl groups is 1. The van der Waals surface area contributed by atoms with Crippen molar-refractivity contribution in [3.8, 4) is 0 Å². The van der Waals surface area contributed by atoms with Gasteiger partial charge in [0.15, 0.2) is 0 Å². The lowest BCUT2D eigenvalue weighted by molar-refractivity contribution is 0.0114. The Bertz CT molecular complexity index is 1600. The van der Waals surface area contributed by atoms with Crippen molar-refractivity contribution in [3.63, 3.8) is 0 Å². The molecule has 1 amide bonds. The molecule has 2 aliphatic rings. The third-order valence-corrected chi connectivity index (χ3v) is 8.78. The number of fused-ring (bicyclic) bond motifs is 1. The van der Waals surface area contributed by atoms with Crippen LogP contribution in [0.2, 0.25) is 0 Å². The minimum absolute atomic E-state index is 0.0679. The molecule has 3 aromatic rings. The van der Waals surface area contributed by atoms with Crippen LogP contribution in [0.1, 0.15) is 43.0 Å². The molecule has 39 heavy (non-hydrogen) atoms. The van der Waals surface area contributed by atoms with Crippen LogP contribution >= 0.6 is 0 Å². The third kappa shape index (κ3) is 5.51. The molecule has 7 nitrogen and oxygen atoms in total. The Kier molecular flexibility index (Phi) is 7.38. The number of carbonyl (C=O) groups is 1. The summed E-state index contributed by atoms with van der Waals surface area (Å²) in [6.45, 7) is 2.52. The SMILES string of the molecule is CCC1=CC=CC(C2(O)CCN(C(=O)c3ccc(NS(=O)(=O)c4cccc5cccnc45)cc3)CC2)=C(F)C1. The van der Waals surface area contributed by atoms with E-state index in [0.29, 0.717) is 27.7 Å². The summed E-state index contributed by atoms with van der Waals surface area (Å²) in [4.78, 5) is 19.1. The summed E-state index contributed by atoms with van der Waals surface area (Å²) >= 11 is 0. The normalized spacial score (nSPS) is 17.6. The van der Waals surface area contributed by atoms with Crippen LogP contribution in [0.4, 0.5) is 10.1 Å². The highest BCUT2D eigenvalue weighted by Gasteiger charge is 2.38. The maximum atomic E-state index is 14.9. The number of anilines is 1. The number of aromatic nitrogens is 1. The van der Waals surface area contributed by atoms with Crippen LogP contribution in [-0.4, -0.2) is 48.0 Å². The number of benzene rings is 2. The van der Waals surface area contributed by atoms with Gasteiger partial charge in [-0.05, 0) is 55.7 Å². The smallest absolute Gasteiger partial charge is 0.264 e. The number of likely N-dealkylation sites (tertiary alicyclic amines) is 1. The molecule has 202 valence electrons. The molecule has 2 aromatic carbocycles. The lowest BCUT2D eigenvalue weighted by Gasteiger charge is -2.39. The highest BCUT2D eigenvalue weighted by molar-refractivity contribution is 7.93. The van der Waals surface area contributed by atoms with E-state index in [9.17, 15) is 22.7 Å². The zero-order valence-corrected chi connectivity index (χ0v) is 22.4. The molecule has 0 unspecified atom stereocenters. The standard InChI is InChI=1S/C30H30FN3O4S/c1-2-21-6-3-9-25(26(31)20-21)30(36)15-18-34(19-16-30)29(35)23-11-13-24(14-12-23)33-39(37,38)27-10-4-7-22-8-5-17-32-28(22)27/h3-14,17,33,36H,2,15-16,18-20H2,1H3. The summed E-state index contributed by atoms with van der Waals surface area (Å²) in [5, 5.41) is 12.0. The quantitative estimate of drug-likeness (QED) is 0.423. The van der Waals surface area contributed by atoms with Crippen LogP contribution in [0.5, 0.6) is 0 Å². The van der Waals surface area contributed by atoms with Gasteiger partial charge in [-0.15, -0.1) is 0 Å². The van der Waals surface area contributed by atoms with E-state index in [1.807, 2.05) is 13.0 Å². The van der Waals surface area contributed by atoms with Gasteiger partial charge in [0.25, 0.3) is 15.9 Å². The first-order chi connectivity index (χ1) is 18.7. The molecule has 0 spiro atoms. The average Bonchev–Trinajstić information content (AvgIpc) is 3.14. The maximum Gasteiger partial charge on any atom is 0.264 e. The highest BCUT2D eigenvalue weighted by atomic mass is 32.2. The number of hydrogen-bond acceptors (Lipinski definition) is 5. The second-order valence-corrected chi connectivity index (χ2v) is 11.5. The Hall–Kier alpha value is -3.82. The Morgan fingerprint density at radius 1 is 1.10 bits per heavy atom. The largest absolute Gasteiger partial charge is 0.385 e. The van der Waals surface area contributed by atoms with E-state index in [0.717, 1.165) is 12.0 Å². The highest BCUT2D eigenvalue weighted by Crippen LogP contribution is 2.36. The number of allylic oxidation sites excluding steroid dienone is 4. The van der Waals surface area contributed by atoms with Crippen molar-refractivity contribution in [2.24, 2.45) is 0 Å². The predicted molar refractivity (Wildman–Crippen MR) is 149 cm³/mol. The van der Waals surface area contributed by atoms with E-state index in [4.69, 9.17) is 0 Å². The predicted octanol–water partition coefficient (Wildman–Crippen LogP) is 5.52. The van der Waals surface area contributed by atoms with Crippen molar-refractivity contribution >= 4 is 32.5 Å². The van der Waals surface area contributed by atoms with E-state index >= 15 is 0 Å². The van der Waals surface area contributed by atoms with Crippen LogP contribution in [0, 0.1) is 0 Å². The second kappa shape index (κ2) is 10.7. The maximum absolute atomic E-state index is 14.9. The first kappa shape index (κ1) is 26.8. The lowest BCUT2D eigenvalue weighted by Crippen LogP contribution is -2.47. The number of sulfonamides is 1. The van der Waals surface area contributed by atoms with Gasteiger partial charge in [0.1, 0.15) is 10.7 Å². The molecule has 0 bridgehead atoms. The minimum Gasteiger partial charge on any atom is -0.385 e. The molecule has 5 rings (SSSR count). The first-order valence-electron chi connectivity index (χ1n) is 12.9.